The van der Waals surface area contributed by atoms with Gasteiger partial charge >= 0.3 is 5.97 Å². The van der Waals surface area contributed by atoms with Gasteiger partial charge in [-0.1, -0.05) is 0 Å². The highest BCUT2D eigenvalue weighted by atomic mass is 79.9. The standard InChI is InChI=1S/C11H14BrNO4/c1-2-16-5-6-17-11(15)8-13-7-9(12)3-4-10(13)14/h3-4,7H,2,5-6,8H2,1H3. The Morgan fingerprint density at radius 3 is 2.88 bits per heavy atom. The molecule has 1 aromatic heterocycles. The lowest BCUT2D eigenvalue weighted by molar-refractivity contribution is -0.145. The molecule has 0 aliphatic rings. The number of nitrogens with zero attached hydrogens (tertiary/aromatic N) is 1. The average Bonchev–Trinajstić information content (AvgIpc) is 2.29. The second-order valence-corrected chi connectivity index (χ2v) is 4.15. The molecule has 1 rings (SSSR count). The van der Waals surface area contributed by atoms with Crippen LogP contribution in [0, 0.1) is 0 Å². The molecule has 94 valence electrons. The van der Waals surface area contributed by atoms with Crippen molar-refractivity contribution >= 4 is 21.9 Å². The fourth-order valence-electron chi connectivity index (χ4n) is 1.17. The summed E-state index contributed by atoms with van der Waals surface area (Å²) in [5.74, 6) is -0.454. The topological polar surface area (TPSA) is 57.5 Å². The van der Waals surface area contributed by atoms with Crippen molar-refractivity contribution < 1.29 is 14.3 Å². The van der Waals surface area contributed by atoms with E-state index in [2.05, 4.69) is 15.9 Å². The minimum atomic E-state index is -0.454. The third-order valence-electron chi connectivity index (χ3n) is 1.94. The number of carbonyl (C=O) groups is 1. The molecule has 0 N–H and O–H groups in total. The highest BCUT2D eigenvalue weighted by molar-refractivity contribution is 9.10. The van der Waals surface area contributed by atoms with Crippen molar-refractivity contribution in [3.8, 4) is 0 Å². The fourth-order valence-corrected chi connectivity index (χ4v) is 1.55. The van der Waals surface area contributed by atoms with Crippen LogP contribution in [0.4, 0.5) is 0 Å². The number of rotatable bonds is 6. The molecule has 1 aromatic rings. The van der Waals surface area contributed by atoms with E-state index in [0.717, 1.165) is 4.47 Å². The van der Waals surface area contributed by atoms with Gasteiger partial charge in [0.2, 0.25) is 0 Å². The Morgan fingerprint density at radius 2 is 2.18 bits per heavy atom. The van der Waals surface area contributed by atoms with E-state index in [1.54, 1.807) is 12.3 Å². The molecule has 1 heterocycles. The van der Waals surface area contributed by atoms with Crippen molar-refractivity contribution in [1.82, 2.24) is 4.57 Å². The van der Waals surface area contributed by atoms with E-state index in [1.807, 2.05) is 6.92 Å². The van der Waals surface area contributed by atoms with E-state index < -0.39 is 5.97 Å². The number of halogens is 1. The number of hydrogen-bond donors (Lipinski definition) is 0. The summed E-state index contributed by atoms with van der Waals surface area (Å²) in [7, 11) is 0. The average molecular weight is 304 g/mol. The number of esters is 1. The second-order valence-electron chi connectivity index (χ2n) is 3.23. The predicted octanol–water partition coefficient (Wildman–Crippen LogP) is 1.19. The fraction of sp³-hybridized carbons (Fsp3) is 0.455. The van der Waals surface area contributed by atoms with Gasteiger partial charge in [-0.25, -0.2) is 0 Å². The lowest BCUT2D eigenvalue weighted by atomic mass is 10.4. The maximum atomic E-state index is 11.4. The lowest BCUT2D eigenvalue weighted by Crippen LogP contribution is -2.24. The number of pyridine rings is 1. The van der Waals surface area contributed by atoms with Gasteiger partial charge in [0.05, 0.1) is 6.61 Å². The Labute approximate surface area is 107 Å². The summed E-state index contributed by atoms with van der Waals surface area (Å²) in [5, 5.41) is 0. The van der Waals surface area contributed by atoms with Crippen molar-refractivity contribution in [3.05, 3.63) is 33.2 Å². The Morgan fingerprint density at radius 1 is 1.41 bits per heavy atom. The van der Waals surface area contributed by atoms with E-state index in [1.165, 1.54) is 10.6 Å². The van der Waals surface area contributed by atoms with Crippen LogP contribution in [0.3, 0.4) is 0 Å². The molecule has 0 saturated heterocycles. The third-order valence-corrected chi connectivity index (χ3v) is 2.41. The van der Waals surface area contributed by atoms with Crippen molar-refractivity contribution in [2.75, 3.05) is 19.8 Å². The molecule has 0 spiro atoms. The first-order valence-electron chi connectivity index (χ1n) is 5.23. The Hall–Kier alpha value is -1.14. The van der Waals surface area contributed by atoms with Crippen molar-refractivity contribution in [2.45, 2.75) is 13.5 Å². The number of hydrogen-bond acceptors (Lipinski definition) is 4. The van der Waals surface area contributed by atoms with E-state index in [-0.39, 0.29) is 18.7 Å². The molecule has 0 aliphatic heterocycles. The van der Waals surface area contributed by atoms with Gasteiger partial charge in [0.1, 0.15) is 13.2 Å². The molecule has 0 aromatic carbocycles. The van der Waals surface area contributed by atoms with E-state index in [4.69, 9.17) is 9.47 Å². The molecule has 0 bridgehead atoms. The Bertz CT molecular complexity index is 430. The zero-order valence-corrected chi connectivity index (χ0v) is 11.1. The summed E-state index contributed by atoms with van der Waals surface area (Å²) in [6, 6.07) is 3.01. The van der Waals surface area contributed by atoms with Crippen LogP contribution in [0.1, 0.15) is 6.92 Å². The molecular formula is C11H14BrNO4. The minimum Gasteiger partial charge on any atom is -0.462 e. The molecule has 5 nitrogen and oxygen atoms in total. The molecule has 17 heavy (non-hydrogen) atoms. The molecule has 0 amide bonds. The van der Waals surface area contributed by atoms with Crippen LogP contribution in [0.15, 0.2) is 27.6 Å². The first kappa shape index (κ1) is 13.9. The summed E-state index contributed by atoms with van der Waals surface area (Å²) in [4.78, 5) is 22.8. The molecule has 0 fully saturated rings. The van der Waals surface area contributed by atoms with Crippen LogP contribution in [0.5, 0.6) is 0 Å². The van der Waals surface area contributed by atoms with Crippen LogP contribution in [0.2, 0.25) is 0 Å². The van der Waals surface area contributed by atoms with Crippen LogP contribution >= 0.6 is 15.9 Å². The number of aromatic nitrogens is 1. The summed E-state index contributed by atoms with van der Waals surface area (Å²) in [6.07, 6.45) is 1.55. The molecule has 0 aliphatic carbocycles. The minimum absolute atomic E-state index is 0.0929. The normalized spacial score (nSPS) is 10.2. The van der Waals surface area contributed by atoms with Crippen molar-refractivity contribution in [1.29, 1.82) is 0 Å². The third kappa shape index (κ3) is 5.14. The molecule has 0 atom stereocenters. The van der Waals surface area contributed by atoms with Crippen LogP contribution in [0.25, 0.3) is 0 Å². The maximum Gasteiger partial charge on any atom is 0.326 e. The van der Waals surface area contributed by atoms with Crippen LogP contribution in [-0.4, -0.2) is 30.4 Å². The molecule has 0 unspecified atom stereocenters. The summed E-state index contributed by atoms with van der Waals surface area (Å²) in [6.45, 7) is 2.93. The van der Waals surface area contributed by atoms with E-state index in [9.17, 15) is 9.59 Å². The van der Waals surface area contributed by atoms with Gasteiger partial charge in [0, 0.05) is 23.3 Å². The molecule has 6 heteroatoms. The van der Waals surface area contributed by atoms with Crippen LogP contribution in [-0.2, 0) is 20.8 Å². The molecule has 0 radical (unpaired) electrons. The monoisotopic (exact) mass is 303 g/mol. The van der Waals surface area contributed by atoms with Gasteiger partial charge in [-0.3, -0.25) is 9.59 Å². The number of carbonyl (C=O) groups excluding carboxylic acids is 1. The second kappa shape index (κ2) is 7.24. The van der Waals surface area contributed by atoms with E-state index in [0.29, 0.717) is 13.2 Å². The number of ether oxygens (including phenoxy) is 2. The summed E-state index contributed by atoms with van der Waals surface area (Å²) < 4.78 is 11.9. The van der Waals surface area contributed by atoms with Crippen molar-refractivity contribution in [2.24, 2.45) is 0 Å². The lowest BCUT2D eigenvalue weighted by Gasteiger charge is -2.07. The quantitative estimate of drug-likeness (QED) is 0.585. The molecular weight excluding hydrogens is 290 g/mol. The highest BCUT2D eigenvalue weighted by Gasteiger charge is 2.05. The van der Waals surface area contributed by atoms with Gasteiger partial charge in [0.25, 0.3) is 5.56 Å². The predicted molar refractivity (Wildman–Crippen MR) is 65.9 cm³/mol. The zero-order valence-electron chi connectivity index (χ0n) is 9.52. The van der Waals surface area contributed by atoms with Gasteiger partial charge < -0.3 is 14.0 Å². The summed E-state index contributed by atoms with van der Waals surface area (Å²) in [5.41, 5.74) is -0.241. The highest BCUT2D eigenvalue weighted by Crippen LogP contribution is 2.04. The van der Waals surface area contributed by atoms with Gasteiger partial charge in [0.15, 0.2) is 0 Å². The SMILES string of the molecule is CCOCCOC(=O)Cn1cc(Br)ccc1=O. The van der Waals surface area contributed by atoms with Crippen molar-refractivity contribution in [3.63, 3.8) is 0 Å². The van der Waals surface area contributed by atoms with Gasteiger partial charge in [-0.05, 0) is 28.9 Å². The molecule has 0 saturated carbocycles. The first-order chi connectivity index (χ1) is 8.13. The zero-order chi connectivity index (χ0) is 12.7. The Balaban J connectivity index is 2.45. The van der Waals surface area contributed by atoms with E-state index >= 15 is 0 Å². The first-order valence-corrected chi connectivity index (χ1v) is 6.02. The van der Waals surface area contributed by atoms with Gasteiger partial charge in [-0.15, -0.1) is 0 Å². The maximum absolute atomic E-state index is 11.4. The summed E-state index contributed by atoms with van der Waals surface area (Å²) >= 11 is 3.23. The largest absolute Gasteiger partial charge is 0.462 e. The smallest absolute Gasteiger partial charge is 0.326 e. The van der Waals surface area contributed by atoms with Crippen LogP contribution < -0.4 is 5.56 Å². The Kier molecular flexibility index (Phi) is 5.93. The van der Waals surface area contributed by atoms with Gasteiger partial charge in [-0.2, -0.15) is 0 Å².